The van der Waals surface area contributed by atoms with Crippen molar-refractivity contribution < 1.29 is 4.79 Å². The number of carbonyl (C=O) groups is 1. The highest BCUT2D eigenvalue weighted by Gasteiger charge is 2.30. The summed E-state index contributed by atoms with van der Waals surface area (Å²) in [6.07, 6.45) is 4.04. The molecule has 3 heterocycles. The number of nitrogens with one attached hydrogen (secondary N) is 1. The van der Waals surface area contributed by atoms with Gasteiger partial charge in [-0.05, 0) is 49.3 Å². The average Bonchev–Trinajstić information content (AvgIpc) is 3.24. The van der Waals surface area contributed by atoms with Gasteiger partial charge in [-0.2, -0.15) is 0 Å². The van der Waals surface area contributed by atoms with Crippen LogP contribution in [0.25, 0.3) is 11.0 Å². The zero-order chi connectivity index (χ0) is 24.2. The maximum Gasteiger partial charge on any atom is 0.225 e. The smallest absolute Gasteiger partial charge is 0.225 e. The Balaban J connectivity index is 1.19. The number of anilines is 1. The largest absolute Gasteiger partial charge is 0.353 e. The van der Waals surface area contributed by atoms with E-state index in [4.69, 9.17) is 4.98 Å². The van der Waals surface area contributed by atoms with E-state index in [2.05, 4.69) is 88.1 Å². The summed E-state index contributed by atoms with van der Waals surface area (Å²) < 4.78 is 2.35. The number of benzene rings is 2. The Hall–Kier alpha value is -2.86. The van der Waals surface area contributed by atoms with Gasteiger partial charge in [-0.3, -0.25) is 9.69 Å². The molecule has 35 heavy (non-hydrogen) atoms. The van der Waals surface area contributed by atoms with Gasteiger partial charge in [-0.15, -0.1) is 0 Å². The molecule has 1 unspecified atom stereocenters. The van der Waals surface area contributed by atoms with Crippen molar-refractivity contribution in [2.75, 3.05) is 31.1 Å². The molecule has 0 bridgehead atoms. The third-order valence-electron chi connectivity index (χ3n) is 7.44. The summed E-state index contributed by atoms with van der Waals surface area (Å²) in [5, 5.41) is 3.40. The lowest BCUT2D eigenvalue weighted by molar-refractivity contribution is -0.126. The van der Waals surface area contributed by atoms with E-state index in [1.807, 2.05) is 0 Å². The van der Waals surface area contributed by atoms with Crippen molar-refractivity contribution in [3.8, 4) is 0 Å². The topological polar surface area (TPSA) is 53.4 Å². The number of amides is 1. The number of piperidine rings is 2. The third kappa shape index (κ3) is 5.69. The monoisotopic (exact) mass is 473 g/mol. The summed E-state index contributed by atoms with van der Waals surface area (Å²) >= 11 is 0. The van der Waals surface area contributed by atoms with Gasteiger partial charge >= 0.3 is 0 Å². The molecule has 1 N–H and O–H groups in total. The standard InChI is InChI=1S/C29H39N5O/c1-22(2)19-34-27-13-7-6-12-26(27)31-29(34)33-16-8-11-24(21-33)28(35)30-25-14-17-32(18-15-25)20-23-9-4-3-5-10-23/h3-7,9-10,12-13,22,24-25H,8,11,14-21H2,1-2H3,(H,30,35). The van der Waals surface area contributed by atoms with E-state index in [-0.39, 0.29) is 17.9 Å². The average molecular weight is 474 g/mol. The maximum absolute atomic E-state index is 13.3. The molecule has 1 aromatic heterocycles. The molecule has 2 aromatic carbocycles. The first-order valence-corrected chi connectivity index (χ1v) is 13.3. The SMILES string of the molecule is CC(C)Cn1c(N2CCCC(C(=O)NC3CCN(Cc4ccccc4)CC3)C2)nc2ccccc21. The molecule has 5 rings (SSSR count). The minimum absolute atomic E-state index is 0.0263. The van der Waals surface area contributed by atoms with Crippen LogP contribution in [0.2, 0.25) is 0 Å². The molecule has 0 spiro atoms. The number of likely N-dealkylation sites (tertiary alicyclic amines) is 1. The quantitative estimate of drug-likeness (QED) is 0.541. The summed E-state index contributed by atoms with van der Waals surface area (Å²) in [5.74, 6) is 1.80. The Morgan fingerprint density at radius 3 is 2.51 bits per heavy atom. The van der Waals surface area contributed by atoms with E-state index in [1.54, 1.807) is 0 Å². The minimum Gasteiger partial charge on any atom is -0.353 e. The lowest BCUT2D eigenvalue weighted by atomic mass is 9.96. The lowest BCUT2D eigenvalue weighted by Gasteiger charge is -2.36. The van der Waals surface area contributed by atoms with Gasteiger partial charge in [0.2, 0.25) is 11.9 Å². The number of rotatable bonds is 7. The Morgan fingerprint density at radius 2 is 1.74 bits per heavy atom. The van der Waals surface area contributed by atoms with E-state index in [0.29, 0.717) is 5.92 Å². The molecule has 0 saturated carbocycles. The first-order valence-electron chi connectivity index (χ1n) is 13.3. The van der Waals surface area contributed by atoms with Crippen molar-refractivity contribution in [1.29, 1.82) is 0 Å². The van der Waals surface area contributed by atoms with Crippen LogP contribution in [0.4, 0.5) is 5.95 Å². The first-order chi connectivity index (χ1) is 17.1. The molecule has 2 fully saturated rings. The molecule has 0 aliphatic carbocycles. The number of fused-ring (bicyclic) bond motifs is 1. The number of carbonyl (C=O) groups excluding carboxylic acids is 1. The highest BCUT2D eigenvalue weighted by molar-refractivity contribution is 5.81. The summed E-state index contributed by atoms with van der Waals surface area (Å²) in [6.45, 7) is 10.2. The number of imidazole rings is 1. The Morgan fingerprint density at radius 1 is 1.00 bits per heavy atom. The second-order valence-electron chi connectivity index (χ2n) is 10.7. The van der Waals surface area contributed by atoms with Crippen LogP contribution < -0.4 is 10.2 Å². The van der Waals surface area contributed by atoms with Crippen LogP contribution in [-0.4, -0.2) is 52.6 Å². The van der Waals surface area contributed by atoms with Crippen molar-refractivity contribution >= 4 is 22.9 Å². The Kier molecular flexibility index (Phi) is 7.37. The van der Waals surface area contributed by atoms with Crippen LogP contribution in [0.1, 0.15) is 45.1 Å². The molecule has 3 aromatic rings. The number of hydrogen-bond donors (Lipinski definition) is 1. The molecule has 2 saturated heterocycles. The van der Waals surface area contributed by atoms with Gasteiger partial charge < -0.3 is 14.8 Å². The first kappa shape index (κ1) is 23.9. The van der Waals surface area contributed by atoms with Crippen molar-refractivity contribution in [3.05, 3.63) is 60.2 Å². The van der Waals surface area contributed by atoms with Gasteiger partial charge in [0.05, 0.1) is 17.0 Å². The predicted molar refractivity (Wildman–Crippen MR) is 142 cm³/mol. The molecule has 6 heteroatoms. The Labute approximate surface area is 209 Å². The number of hydrogen-bond acceptors (Lipinski definition) is 4. The zero-order valence-corrected chi connectivity index (χ0v) is 21.2. The number of aromatic nitrogens is 2. The molecule has 1 atom stereocenters. The van der Waals surface area contributed by atoms with E-state index in [9.17, 15) is 4.79 Å². The summed E-state index contributed by atoms with van der Waals surface area (Å²) in [6, 6.07) is 19.3. The Bertz CT molecular complexity index is 1120. The normalized spacial score (nSPS) is 20.0. The maximum atomic E-state index is 13.3. The van der Waals surface area contributed by atoms with Crippen molar-refractivity contribution in [3.63, 3.8) is 0 Å². The van der Waals surface area contributed by atoms with Crippen LogP contribution in [0.5, 0.6) is 0 Å². The second-order valence-corrected chi connectivity index (χ2v) is 10.7. The van der Waals surface area contributed by atoms with Gasteiger partial charge in [0.15, 0.2) is 0 Å². The summed E-state index contributed by atoms with van der Waals surface area (Å²) in [5.41, 5.74) is 3.59. The fourth-order valence-electron chi connectivity index (χ4n) is 5.62. The number of para-hydroxylation sites is 2. The van der Waals surface area contributed by atoms with Crippen LogP contribution in [0.3, 0.4) is 0 Å². The lowest BCUT2D eigenvalue weighted by Crippen LogP contribution is -2.49. The predicted octanol–water partition coefficient (Wildman–Crippen LogP) is 4.69. The molecular weight excluding hydrogens is 434 g/mol. The van der Waals surface area contributed by atoms with Crippen molar-refractivity contribution in [1.82, 2.24) is 19.8 Å². The van der Waals surface area contributed by atoms with Crippen LogP contribution in [-0.2, 0) is 17.9 Å². The highest BCUT2D eigenvalue weighted by Crippen LogP contribution is 2.28. The van der Waals surface area contributed by atoms with Gasteiger partial charge in [-0.1, -0.05) is 56.3 Å². The van der Waals surface area contributed by atoms with Gasteiger partial charge in [0.25, 0.3) is 0 Å². The molecule has 0 radical (unpaired) electrons. The molecule has 2 aliphatic rings. The minimum atomic E-state index is 0.0263. The molecule has 2 aliphatic heterocycles. The molecule has 6 nitrogen and oxygen atoms in total. The molecule has 186 valence electrons. The van der Waals surface area contributed by atoms with E-state index in [0.717, 1.165) is 76.4 Å². The summed E-state index contributed by atoms with van der Waals surface area (Å²) in [4.78, 5) is 23.1. The highest BCUT2D eigenvalue weighted by atomic mass is 16.2. The van der Waals surface area contributed by atoms with Crippen LogP contribution in [0.15, 0.2) is 54.6 Å². The van der Waals surface area contributed by atoms with Crippen LogP contribution in [0, 0.1) is 11.8 Å². The van der Waals surface area contributed by atoms with Gasteiger partial charge in [0, 0.05) is 45.3 Å². The second kappa shape index (κ2) is 10.8. The van der Waals surface area contributed by atoms with Crippen molar-refractivity contribution in [2.45, 2.75) is 58.7 Å². The van der Waals surface area contributed by atoms with Gasteiger partial charge in [0.1, 0.15) is 0 Å². The number of nitrogens with zero attached hydrogens (tertiary/aromatic N) is 4. The van der Waals surface area contributed by atoms with E-state index < -0.39 is 0 Å². The molecular formula is C29H39N5O. The fraction of sp³-hybridized carbons (Fsp3) is 0.517. The van der Waals surface area contributed by atoms with Crippen molar-refractivity contribution in [2.24, 2.45) is 11.8 Å². The third-order valence-corrected chi connectivity index (χ3v) is 7.44. The van der Waals surface area contributed by atoms with E-state index >= 15 is 0 Å². The van der Waals surface area contributed by atoms with Crippen LogP contribution >= 0.6 is 0 Å². The molecule has 1 amide bonds. The van der Waals surface area contributed by atoms with Gasteiger partial charge in [-0.25, -0.2) is 4.98 Å². The zero-order valence-electron chi connectivity index (χ0n) is 21.2. The summed E-state index contributed by atoms with van der Waals surface area (Å²) in [7, 11) is 0. The van der Waals surface area contributed by atoms with E-state index in [1.165, 1.54) is 11.1 Å². The fourth-order valence-corrected chi connectivity index (χ4v) is 5.62.